The van der Waals surface area contributed by atoms with Crippen LogP contribution in [-0.4, -0.2) is 21.0 Å². The van der Waals surface area contributed by atoms with Crippen molar-refractivity contribution in [1.82, 2.24) is 9.97 Å². The van der Waals surface area contributed by atoms with Gasteiger partial charge in [-0.1, -0.05) is 23.8 Å². The van der Waals surface area contributed by atoms with Gasteiger partial charge in [-0.25, -0.2) is 15.0 Å². The quantitative estimate of drug-likeness (QED) is 0.521. The minimum atomic E-state index is -0.990. The van der Waals surface area contributed by atoms with Crippen molar-refractivity contribution in [2.24, 2.45) is 0 Å². The number of hydrogen-bond acceptors (Lipinski definition) is 4. The maximum absolute atomic E-state index is 10.1. The third kappa shape index (κ3) is 5.92. The van der Waals surface area contributed by atoms with E-state index in [0.29, 0.717) is 22.5 Å². The van der Waals surface area contributed by atoms with Gasteiger partial charge in [-0.05, 0) is 24.3 Å². The maximum Gasteiger partial charge on any atom is 0.354 e. The molecule has 0 amide bonds. The van der Waals surface area contributed by atoms with Gasteiger partial charge in [0.05, 0.1) is 6.57 Å². The summed E-state index contributed by atoms with van der Waals surface area (Å²) in [5, 5.41) is 17.1. The van der Waals surface area contributed by atoms with Gasteiger partial charge in [-0.15, -0.1) is 23.8 Å². The van der Waals surface area contributed by atoms with Crippen molar-refractivity contribution in [2.75, 3.05) is 0 Å². The molecule has 0 aliphatic rings. The van der Waals surface area contributed by atoms with Crippen LogP contribution in [-0.2, 0) is 20.1 Å². The molecule has 0 saturated carbocycles. The Morgan fingerprint density at radius 3 is 2.31 bits per heavy atom. The Morgan fingerprint density at radius 1 is 1.15 bits per heavy atom. The molecule has 1 radical (unpaired) electrons. The Kier molecular flexibility index (Phi) is 8.33. The molecule has 2 aromatic heterocycles. The molecule has 3 rings (SSSR count). The molecule has 3 aromatic rings. The van der Waals surface area contributed by atoms with E-state index in [-0.39, 0.29) is 25.8 Å². The van der Waals surface area contributed by atoms with E-state index in [1.54, 1.807) is 24.4 Å². The van der Waals surface area contributed by atoms with Crippen LogP contribution in [0, 0.1) is 24.0 Å². The summed E-state index contributed by atoms with van der Waals surface area (Å²) in [5.41, 5.74) is 2.25. The van der Waals surface area contributed by atoms with Crippen LogP contribution in [0.25, 0.3) is 16.1 Å². The number of carboxylic acid groups (broad SMARTS) is 1. The first kappa shape index (κ1) is 20.7. The molecule has 2 heterocycles. The molecule has 0 spiro atoms. The molecule has 6 nitrogen and oxygen atoms in total. The second-order valence-corrected chi connectivity index (χ2v) is 4.62. The summed E-state index contributed by atoms with van der Waals surface area (Å²) in [7, 11) is 0. The van der Waals surface area contributed by atoms with E-state index in [0.717, 1.165) is 0 Å². The number of aromatic nitrogens is 2. The number of carbonyl (C=O) groups is 1. The Labute approximate surface area is 164 Å². The van der Waals surface area contributed by atoms with Gasteiger partial charge in [0.2, 0.25) is 0 Å². The van der Waals surface area contributed by atoms with Gasteiger partial charge in [0.1, 0.15) is 11.4 Å². The standard InChI is InChI=1S/C13H6N3.C6H5NO2.Ir/c1-15-12-7-10(9-14)6-11(8-12)13-4-2-3-5-16-13;8-6(9)5-3-1-2-4-7-5;/h2-5,7-8H;1-4H,(H,8,9);/q-1;;. The SMILES string of the molecule is O=C(O)c1ccccn1.[C-]#[N+]c1cc(C#N)[c-]c(-c2ccccn2)c1.[Ir]. The van der Waals surface area contributed by atoms with Crippen LogP contribution >= 0.6 is 0 Å². The second-order valence-electron chi connectivity index (χ2n) is 4.62. The maximum atomic E-state index is 10.1. The fourth-order valence-electron chi connectivity index (χ4n) is 1.83. The van der Waals surface area contributed by atoms with E-state index in [1.807, 2.05) is 24.3 Å². The summed E-state index contributed by atoms with van der Waals surface area (Å²) in [5.74, 6) is -0.990. The van der Waals surface area contributed by atoms with E-state index in [9.17, 15) is 4.79 Å². The van der Waals surface area contributed by atoms with Crippen LogP contribution in [0.3, 0.4) is 0 Å². The molecule has 0 unspecified atom stereocenters. The van der Waals surface area contributed by atoms with Crippen LogP contribution in [0.2, 0.25) is 0 Å². The number of aromatic carboxylic acids is 1. The molecule has 26 heavy (non-hydrogen) atoms. The number of benzene rings is 1. The van der Waals surface area contributed by atoms with Crippen LogP contribution in [0.15, 0.2) is 60.9 Å². The van der Waals surface area contributed by atoms with Crippen molar-refractivity contribution in [3.8, 4) is 17.3 Å². The molecule has 1 N–H and O–H groups in total. The van der Waals surface area contributed by atoms with Crippen molar-refractivity contribution >= 4 is 11.7 Å². The summed E-state index contributed by atoms with van der Waals surface area (Å²) in [6.07, 6.45) is 3.11. The summed E-state index contributed by atoms with van der Waals surface area (Å²) in [6, 6.07) is 18.3. The van der Waals surface area contributed by atoms with Gasteiger partial charge >= 0.3 is 5.97 Å². The molecule has 7 heteroatoms. The van der Waals surface area contributed by atoms with Gasteiger partial charge in [0, 0.05) is 38.2 Å². The van der Waals surface area contributed by atoms with Gasteiger partial charge < -0.3 is 5.11 Å². The van der Waals surface area contributed by atoms with E-state index in [4.69, 9.17) is 16.9 Å². The van der Waals surface area contributed by atoms with Crippen LogP contribution in [0.1, 0.15) is 16.1 Å². The number of rotatable bonds is 2. The first-order valence-corrected chi connectivity index (χ1v) is 7.04. The fraction of sp³-hybridized carbons (Fsp3) is 0. The zero-order valence-corrected chi connectivity index (χ0v) is 15.6. The molecule has 0 saturated heterocycles. The number of hydrogen-bond donors (Lipinski definition) is 1. The first-order valence-electron chi connectivity index (χ1n) is 7.04. The summed E-state index contributed by atoms with van der Waals surface area (Å²) < 4.78 is 0. The number of carboxylic acids is 1. The average Bonchev–Trinajstić information content (AvgIpc) is 2.69. The minimum absolute atomic E-state index is 0. The predicted molar refractivity (Wildman–Crippen MR) is 90.7 cm³/mol. The monoisotopic (exact) mass is 520 g/mol. The largest absolute Gasteiger partial charge is 0.477 e. The van der Waals surface area contributed by atoms with E-state index < -0.39 is 5.97 Å². The second kappa shape index (κ2) is 10.5. The van der Waals surface area contributed by atoms with E-state index in [1.165, 1.54) is 18.3 Å². The van der Waals surface area contributed by atoms with Crippen LogP contribution in [0.5, 0.6) is 0 Å². The van der Waals surface area contributed by atoms with Crippen molar-refractivity contribution < 1.29 is 30.0 Å². The Morgan fingerprint density at radius 2 is 1.85 bits per heavy atom. The smallest absolute Gasteiger partial charge is 0.354 e. The van der Waals surface area contributed by atoms with Gasteiger partial charge in [0.25, 0.3) is 0 Å². The topological polar surface area (TPSA) is 91.2 Å². The summed E-state index contributed by atoms with van der Waals surface area (Å²) in [4.78, 5) is 21.2. The third-order valence-corrected chi connectivity index (χ3v) is 2.93. The molecule has 1 aromatic carbocycles. The minimum Gasteiger partial charge on any atom is -0.477 e. The van der Waals surface area contributed by atoms with Gasteiger partial charge in [-0.3, -0.25) is 9.83 Å². The zero-order valence-electron chi connectivity index (χ0n) is 13.3. The van der Waals surface area contributed by atoms with Gasteiger partial charge in [0.15, 0.2) is 0 Å². The molecule has 0 aliphatic carbocycles. The zero-order chi connectivity index (χ0) is 18.1. The van der Waals surface area contributed by atoms with E-state index in [2.05, 4.69) is 20.9 Å². The van der Waals surface area contributed by atoms with Crippen molar-refractivity contribution in [2.45, 2.75) is 0 Å². The third-order valence-electron chi connectivity index (χ3n) is 2.93. The van der Waals surface area contributed by atoms with Gasteiger partial charge in [-0.2, -0.15) is 0 Å². The normalized spacial score (nSPS) is 8.69. The van der Waals surface area contributed by atoms with Crippen LogP contribution in [0.4, 0.5) is 5.69 Å². The Bertz CT molecular complexity index is 917. The van der Waals surface area contributed by atoms with Crippen LogP contribution < -0.4 is 0 Å². The number of nitrogens with zero attached hydrogens (tertiary/aromatic N) is 4. The number of nitriles is 1. The van der Waals surface area contributed by atoms with Crippen molar-refractivity contribution in [3.63, 3.8) is 0 Å². The Hall–Kier alpha value is -3.38. The van der Waals surface area contributed by atoms with Crippen molar-refractivity contribution in [1.29, 1.82) is 5.26 Å². The molecule has 0 aliphatic heterocycles. The average molecular weight is 520 g/mol. The number of pyridine rings is 2. The fourth-order valence-corrected chi connectivity index (χ4v) is 1.83. The molecule has 0 fully saturated rings. The van der Waals surface area contributed by atoms with E-state index >= 15 is 0 Å². The molecular formula is C19H11IrN4O2-. The summed E-state index contributed by atoms with van der Waals surface area (Å²) in [6.45, 7) is 6.96. The molecule has 129 valence electrons. The first-order chi connectivity index (χ1) is 12.1. The summed E-state index contributed by atoms with van der Waals surface area (Å²) >= 11 is 0. The Balaban J connectivity index is 0.000000290. The van der Waals surface area contributed by atoms with Crippen molar-refractivity contribution in [3.05, 3.63) is 89.7 Å². The molecule has 0 atom stereocenters. The molecule has 0 bridgehead atoms. The molecular weight excluding hydrogens is 508 g/mol. The predicted octanol–water partition coefficient (Wildman–Crippen LogP) is 3.75.